The highest BCUT2D eigenvalue weighted by Crippen LogP contribution is 2.58. The number of aromatic nitrogens is 2. The fourth-order valence-electron chi connectivity index (χ4n) is 3.71. The topological polar surface area (TPSA) is 82.2 Å². The van der Waals surface area contributed by atoms with Gasteiger partial charge in [0.2, 0.25) is 5.91 Å². The number of nitrogens with one attached hydrogen (secondary N) is 1. The van der Waals surface area contributed by atoms with Crippen LogP contribution in [0.25, 0.3) is 0 Å². The maximum Gasteiger partial charge on any atom is 0.241 e. The van der Waals surface area contributed by atoms with E-state index in [9.17, 15) is 4.79 Å². The van der Waals surface area contributed by atoms with Crippen LogP contribution in [0, 0.1) is 11.3 Å². The maximum absolute atomic E-state index is 12.5. The van der Waals surface area contributed by atoms with E-state index in [0.717, 1.165) is 6.42 Å². The molecule has 0 aromatic carbocycles. The number of carbonyl (C=O) groups is 1. The van der Waals surface area contributed by atoms with E-state index >= 15 is 0 Å². The summed E-state index contributed by atoms with van der Waals surface area (Å²) in [6.45, 7) is 6.01. The van der Waals surface area contributed by atoms with Gasteiger partial charge in [0.15, 0.2) is 0 Å². The average Bonchev–Trinajstić information content (AvgIpc) is 3.07. The predicted octanol–water partition coefficient (Wildman–Crippen LogP) is 0.142. The van der Waals surface area contributed by atoms with Crippen LogP contribution in [0.1, 0.15) is 20.3 Å². The van der Waals surface area contributed by atoms with Crippen molar-refractivity contribution in [1.29, 1.82) is 0 Å². The number of ether oxygens (including phenoxy) is 1. The van der Waals surface area contributed by atoms with Gasteiger partial charge in [-0.05, 0) is 6.42 Å². The van der Waals surface area contributed by atoms with Crippen molar-refractivity contribution in [1.82, 2.24) is 14.9 Å². The van der Waals surface area contributed by atoms with E-state index in [-0.39, 0.29) is 23.3 Å². The second kappa shape index (κ2) is 4.56. The molecule has 1 amide bonds. The van der Waals surface area contributed by atoms with Crippen molar-refractivity contribution in [2.24, 2.45) is 17.1 Å². The molecule has 2 fully saturated rings. The standard InChI is InChI=1S/C14H22N4O2/c1-13(2)11-10(3-8-20-11)14(13,15)12(19)17-5-7-18-6-4-16-9-18/h4,6,9-11H,3,5,7-8,15H2,1-2H3,(H,17,19). The van der Waals surface area contributed by atoms with Gasteiger partial charge in [-0.3, -0.25) is 4.79 Å². The molecular formula is C14H22N4O2. The summed E-state index contributed by atoms with van der Waals surface area (Å²) in [6, 6.07) is 0. The zero-order valence-electron chi connectivity index (χ0n) is 12.0. The summed E-state index contributed by atoms with van der Waals surface area (Å²) in [5.74, 6) is 0.0834. The third-order valence-electron chi connectivity index (χ3n) is 5.04. The fourth-order valence-corrected chi connectivity index (χ4v) is 3.71. The Hall–Kier alpha value is -1.40. The molecule has 0 bridgehead atoms. The Bertz CT molecular complexity index is 499. The zero-order valence-corrected chi connectivity index (χ0v) is 12.0. The van der Waals surface area contributed by atoms with Crippen molar-refractivity contribution in [2.45, 2.75) is 38.5 Å². The van der Waals surface area contributed by atoms with Gasteiger partial charge >= 0.3 is 0 Å². The summed E-state index contributed by atoms with van der Waals surface area (Å²) in [4.78, 5) is 16.5. The Labute approximate surface area is 118 Å². The Morgan fingerprint density at radius 2 is 2.40 bits per heavy atom. The molecule has 2 aliphatic rings. The Kier molecular flexibility index (Phi) is 3.10. The minimum absolute atomic E-state index is 0.0608. The van der Waals surface area contributed by atoms with Crippen molar-refractivity contribution in [3.05, 3.63) is 18.7 Å². The molecule has 1 aliphatic carbocycles. The zero-order chi connectivity index (χ0) is 14.4. The van der Waals surface area contributed by atoms with Crippen LogP contribution in [0.5, 0.6) is 0 Å². The Morgan fingerprint density at radius 3 is 3.10 bits per heavy atom. The molecule has 1 aromatic heterocycles. The SMILES string of the molecule is CC1(C)C2OCCC2C1(N)C(=O)NCCn1ccnc1. The molecule has 6 nitrogen and oxygen atoms in total. The molecule has 20 heavy (non-hydrogen) atoms. The maximum atomic E-state index is 12.5. The van der Waals surface area contributed by atoms with Crippen molar-refractivity contribution in [2.75, 3.05) is 13.2 Å². The molecule has 6 heteroatoms. The number of hydrogen-bond acceptors (Lipinski definition) is 4. The van der Waals surface area contributed by atoms with Crippen molar-refractivity contribution >= 4 is 5.91 Å². The summed E-state index contributed by atoms with van der Waals surface area (Å²) in [7, 11) is 0. The fraction of sp³-hybridized carbons (Fsp3) is 0.714. The third-order valence-corrected chi connectivity index (χ3v) is 5.04. The van der Waals surface area contributed by atoms with E-state index in [2.05, 4.69) is 10.3 Å². The molecule has 1 aliphatic heterocycles. The van der Waals surface area contributed by atoms with Crippen LogP contribution in [0.4, 0.5) is 0 Å². The molecule has 110 valence electrons. The van der Waals surface area contributed by atoms with E-state index in [0.29, 0.717) is 19.7 Å². The second-order valence-electron chi connectivity index (χ2n) is 6.33. The van der Waals surface area contributed by atoms with E-state index in [1.54, 1.807) is 12.5 Å². The molecule has 1 aromatic rings. The average molecular weight is 278 g/mol. The molecule has 2 heterocycles. The van der Waals surface area contributed by atoms with Crippen LogP contribution in [0.15, 0.2) is 18.7 Å². The minimum atomic E-state index is -0.816. The smallest absolute Gasteiger partial charge is 0.241 e. The van der Waals surface area contributed by atoms with Gasteiger partial charge in [0.1, 0.15) is 5.54 Å². The highest BCUT2D eigenvalue weighted by molar-refractivity contribution is 5.89. The van der Waals surface area contributed by atoms with E-state index < -0.39 is 5.54 Å². The molecule has 0 radical (unpaired) electrons. The molecule has 1 saturated carbocycles. The van der Waals surface area contributed by atoms with Gasteiger partial charge in [0.25, 0.3) is 0 Å². The highest BCUT2D eigenvalue weighted by atomic mass is 16.5. The highest BCUT2D eigenvalue weighted by Gasteiger charge is 2.71. The van der Waals surface area contributed by atoms with Gasteiger partial charge in [-0.25, -0.2) is 4.98 Å². The first-order chi connectivity index (χ1) is 9.48. The molecular weight excluding hydrogens is 256 g/mol. The van der Waals surface area contributed by atoms with Crippen LogP contribution in [-0.2, 0) is 16.1 Å². The number of nitrogens with zero attached hydrogens (tertiary/aromatic N) is 2. The van der Waals surface area contributed by atoms with Crippen molar-refractivity contribution in [3.8, 4) is 0 Å². The van der Waals surface area contributed by atoms with Crippen LogP contribution < -0.4 is 11.1 Å². The van der Waals surface area contributed by atoms with Crippen LogP contribution in [-0.4, -0.2) is 40.3 Å². The Balaban J connectivity index is 1.61. The summed E-state index contributed by atoms with van der Waals surface area (Å²) >= 11 is 0. The van der Waals surface area contributed by atoms with Gasteiger partial charge < -0.3 is 20.4 Å². The molecule has 3 atom stereocenters. The number of carbonyl (C=O) groups excluding carboxylic acids is 1. The summed E-state index contributed by atoms with van der Waals surface area (Å²) in [5.41, 5.74) is 5.33. The Morgan fingerprint density at radius 1 is 1.60 bits per heavy atom. The van der Waals surface area contributed by atoms with E-state index in [4.69, 9.17) is 10.5 Å². The monoisotopic (exact) mass is 278 g/mol. The van der Waals surface area contributed by atoms with E-state index in [1.807, 2.05) is 24.6 Å². The van der Waals surface area contributed by atoms with Gasteiger partial charge in [0, 0.05) is 43.4 Å². The molecule has 3 rings (SSSR count). The molecule has 0 spiro atoms. The second-order valence-corrected chi connectivity index (χ2v) is 6.33. The first kappa shape index (κ1) is 13.6. The number of amides is 1. The number of hydrogen-bond donors (Lipinski definition) is 2. The third kappa shape index (κ3) is 1.71. The van der Waals surface area contributed by atoms with Gasteiger partial charge in [0.05, 0.1) is 12.4 Å². The van der Waals surface area contributed by atoms with Crippen LogP contribution in [0.3, 0.4) is 0 Å². The van der Waals surface area contributed by atoms with Gasteiger partial charge in [-0.2, -0.15) is 0 Å². The van der Waals surface area contributed by atoms with E-state index in [1.165, 1.54) is 0 Å². The lowest BCUT2D eigenvalue weighted by atomic mass is 9.48. The normalized spacial score (nSPS) is 34.4. The summed E-state index contributed by atoms with van der Waals surface area (Å²) < 4.78 is 7.63. The molecule has 1 saturated heterocycles. The van der Waals surface area contributed by atoms with Crippen LogP contribution >= 0.6 is 0 Å². The van der Waals surface area contributed by atoms with Crippen LogP contribution in [0.2, 0.25) is 0 Å². The van der Waals surface area contributed by atoms with Crippen molar-refractivity contribution < 1.29 is 9.53 Å². The van der Waals surface area contributed by atoms with Gasteiger partial charge in [-0.1, -0.05) is 13.8 Å². The minimum Gasteiger partial charge on any atom is -0.377 e. The molecule has 3 N–H and O–H groups in total. The van der Waals surface area contributed by atoms with Gasteiger partial charge in [-0.15, -0.1) is 0 Å². The number of nitrogens with two attached hydrogens (primary N) is 1. The largest absolute Gasteiger partial charge is 0.377 e. The number of imidazole rings is 1. The first-order valence-electron chi connectivity index (χ1n) is 7.12. The summed E-state index contributed by atoms with van der Waals surface area (Å²) in [6.07, 6.45) is 6.32. The lowest BCUT2D eigenvalue weighted by molar-refractivity contribution is -0.175. The van der Waals surface area contributed by atoms with Crippen molar-refractivity contribution in [3.63, 3.8) is 0 Å². The lowest BCUT2D eigenvalue weighted by Crippen LogP contribution is -2.80. The lowest BCUT2D eigenvalue weighted by Gasteiger charge is -2.60. The quantitative estimate of drug-likeness (QED) is 0.821. The number of fused-ring (bicyclic) bond motifs is 1. The molecule has 3 unspecified atom stereocenters. The number of rotatable bonds is 4. The summed E-state index contributed by atoms with van der Waals surface area (Å²) in [5, 5.41) is 2.96. The predicted molar refractivity (Wildman–Crippen MR) is 73.8 cm³/mol. The first-order valence-corrected chi connectivity index (χ1v) is 7.12.